The molecule has 0 radical (unpaired) electrons. The monoisotopic (exact) mass is 660 g/mol. The number of carboxylic acids is 1. The molecule has 0 unspecified atom stereocenters. The summed E-state index contributed by atoms with van der Waals surface area (Å²) in [5.74, 6) is -1.20. The molecule has 0 fully saturated rings. The molecule has 9 nitrogen and oxygen atoms in total. The quantitative estimate of drug-likeness (QED) is 0.129. The van der Waals surface area contributed by atoms with Crippen LogP contribution in [-0.4, -0.2) is 83.5 Å². The number of aliphatic carboxylic acids is 1. The number of hydrogen-bond donors (Lipinski definition) is 3. The van der Waals surface area contributed by atoms with E-state index in [0.717, 1.165) is 11.3 Å². The predicted octanol–water partition coefficient (Wildman–Crippen LogP) is 6.18. The average Bonchev–Trinajstić information content (AvgIpc) is 3.41. The molecule has 0 aliphatic heterocycles. The zero-order valence-electron chi connectivity index (χ0n) is 26.2. The third-order valence-electron chi connectivity index (χ3n) is 7.85. The number of aliphatic hydroxyl groups excluding tert-OH is 2. The Kier molecular flexibility index (Phi) is 12.8. The number of halogens is 1. The molecule has 0 aliphatic carbocycles. The summed E-state index contributed by atoms with van der Waals surface area (Å²) in [6.07, 6.45) is 0.831. The molecular weight excluding hydrogens is 622 g/mol. The molecule has 3 N–H and O–H groups in total. The van der Waals surface area contributed by atoms with Crippen LogP contribution in [0.4, 0.5) is 16.0 Å². The van der Waals surface area contributed by atoms with Crippen LogP contribution in [0.3, 0.4) is 0 Å². The van der Waals surface area contributed by atoms with Gasteiger partial charge in [0.2, 0.25) is 0 Å². The number of nitrogens with zero attached hydrogens (tertiary/aromatic N) is 4. The number of carboxylic acid groups (broad SMARTS) is 1. The van der Waals surface area contributed by atoms with Gasteiger partial charge in [0.15, 0.2) is 0 Å². The Bertz CT molecular complexity index is 1760. The van der Waals surface area contributed by atoms with Crippen molar-refractivity contribution in [1.82, 2.24) is 14.5 Å². The second-order valence-corrected chi connectivity index (χ2v) is 11.6. The van der Waals surface area contributed by atoms with Crippen molar-refractivity contribution in [3.05, 3.63) is 121 Å². The number of benzene rings is 2. The van der Waals surface area contributed by atoms with Gasteiger partial charge in [-0.05, 0) is 80.6 Å². The molecule has 1 amide bonds. The first-order valence-corrected chi connectivity index (χ1v) is 15.5. The van der Waals surface area contributed by atoms with Crippen LogP contribution in [0.5, 0.6) is 0 Å². The van der Waals surface area contributed by atoms with E-state index in [1.807, 2.05) is 48.7 Å². The van der Waals surface area contributed by atoms with Crippen molar-refractivity contribution in [2.24, 2.45) is 0 Å². The van der Waals surface area contributed by atoms with Crippen LogP contribution < -0.4 is 4.90 Å². The number of hydrogen-bond acceptors (Lipinski definition) is 6. The van der Waals surface area contributed by atoms with Crippen LogP contribution in [0, 0.1) is 5.82 Å². The summed E-state index contributed by atoms with van der Waals surface area (Å²) >= 11 is 0. The third kappa shape index (κ3) is 8.44. The molecule has 5 rings (SSSR count). The summed E-state index contributed by atoms with van der Waals surface area (Å²) < 4.78 is 16.2. The van der Waals surface area contributed by atoms with Gasteiger partial charge >= 0.3 is 35.5 Å². The zero-order valence-corrected chi connectivity index (χ0v) is 26.2. The Morgan fingerprint density at radius 1 is 0.792 bits per heavy atom. The summed E-state index contributed by atoms with van der Waals surface area (Å²) in [5.41, 5.74) is 3.85. The summed E-state index contributed by atoms with van der Waals surface area (Å²) in [4.78, 5) is 36.7. The number of amides is 1. The summed E-state index contributed by atoms with van der Waals surface area (Å²) in [5, 5.41) is 30.2. The van der Waals surface area contributed by atoms with Gasteiger partial charge in [-0.3, -0.25) is 9.59 Å². The first-order valence-electron chi connectivity index (χ1n) is 15.5. The van der Waals surface area contributed by atoms with Crippen molar-refractivity contribution < 1.29 is 29.3 Å². The maximum atomic E-state index is 15.1. The van der Waals surface area contributed by atoms with Gasteiger partial charge in [0.1, 0.15) is 23.1 Å². The molecule has 3 heterocycles. The summed E-state index contributed by atoms with van der Waals surface area (Å²) in [7, 11) is 0. The van der Waals surface area contributed by atoms with Gasteiger partial charge in [0, 0.05) is 35.3 Å². The Labute approximate surface area is 301 Å². The standard InChI is InChI=1S/C37H37FN4O5.Na.H/c1-24(2)41-30(19-18-28(43)22-29(44)23-33(45)46)34(26-14-16-27(38)17-15-26)35(25-10-4-3-5-11-25)36(41)37(47)42(31-12-6-8-20-39-31)32-13-7-9-21-40-32;;/h3-17,20-21,24,28-29,43-44H,18-19,22-23H2,1-2H3,(H,45,46);;/t28-,29-;;/m1../s1. The Morgan fingerprint density at radius 3 is 1.88 bits per heavy atom. The van der Waals surface area contributed by atoms with Crippen molar-refractivity contribution in [2.45, 2.75) is 57.8 Å². The molecule has 3 aromatic heterocycles. The van der Waals surface area contributed by atoms with E-state index < -0.39 is 30.4 Å². The van der Waals surface area contributed by atoms with Crippen LogP contribution >= 0.6 is 0 Å². The van der Waals surface area contributed by atoms with E-state index in [0.29, 0.717) is 34.0 Å². The zero-order chi connectivity index (χ0) is 33.5. The molecule has 48 heavy (non-hydrogen) atoms. The van der Waals surface area contributed by atoms with E-state index >= 15 is 4.79 Å². The fraction of sp³-hybridized carbons (Fsp3) is 0.243. The van der Waals surface area contributed by atoms with Crippen LogP contribution in [0.2, 0.25) is 0 Å². The van der Waals surface area contributed by atoms with Gasteiger partial charge < -0.3 is 19.9 Å². The fourth-order valence-corrected chi connectivity index (χ4v) is 5.90. The first kappa shape index (κ1) is 36.6. The minimum atomic E-state index is -1.21. The molecule has 0 bridgehead atoms. The molecule has 5 aromatic rings. The maximum absolute atomic E-state index is 15.1. The number of pyridine rings is 2. The van der Waals surface area contributed by atoms with Crippen molar-refractivity contribution in [1.29, 1.82) is 0 Å². The third-order valence-corrected chi connectivity index (χ3v) is 7.85. The molecule has 0 saturated heterocycles. The van der Waals surface area contributed by atoms with Crippen molar-refractivity contribution in [3.8, 4) is 22.3 Å². The van der Waals surface area contributed by atoms with E-state index in [9.17, 15) is 19.4 Å². The van der Waals surface area contributed by atoms with E-state index in [2.05, 4.69) is 9.97 Å². The molecule has 11 heteroatoms. The van der Waals surface area contributed by atoms with Crippen LogP contribution in [0.1, 0.15) is 55.3 Å². The number of aliphatic hydroxyl groups is 2. The van der Waals surface area contributed by atoms with Gasteiger partial charge in [-0.2, -0.15) is 0 Å². The van der Waals surface area contributed by atoms with Gasteiger partial charge in [0.25, 0.3) is 5.91 Å². The van der Waals surface area contributed by atoms with Crippen molar-refractivity contribution >= 4 is 53.1 Å². The molecule has 0 aliphatic rings. The van der Waals surface area contributed by atoms with Crippen molar-refractivity contribution in [2.75, 3.05) is 4.90 Å². The minimum absolute atomic E-state index is 0. The number of rotatable bonds is 13. The Morgan fingerprint density at radius 2 is 1.35 bits per heavy atom. The Hall–Kier alpha value is -4.19. The summed E-state index contributed by atoms with van der Waals surface area (Å²) in [6, 6.07) is 25.9. The summed E-state index contributed by atoms with van der Waals surface area (Å²) in [6.45, 7) is 3.92. The number of carbonyl (C=O) groups is 2. The number of anilines is 2. The van der Waals surface area contributed by atoms with E-state index in [1.54, 1.807) is 60.9 Å². The van der Waals surface area contributed by atoms with Crippen LogP contribution in [-0.2, 0) is 11.2 Å². The topological polar surface area (TPSA) is 129 Å². The first-order chi connectivity index (χ1) is 22.7. The van der Waals surface area contributed by atoms with Gasteiger partial charge in [0.05, 0.1) is 18.6 Å². The van der Waals surface area contributed by atoms with Gasteiger partial charge in [-0.1, -0.05) is 54.6 Å². The number of carbonyl (C=O) groups excluding carboxylic acids is 1. The Balaban J connectivity index is 0.00000520. The van der Waals surface area contributed by atoms with E-state index in [4.69, 9.17) is 5.11 Å². The predicted molar refractivity (Wildman–Crippen MR) is 185 cm³/mol. The van der Waals surface area contributed by atoms with E-state index in [-0.39, 0.29) is 60.8 Å². The van der Waals surface area contributed by atoms with Gasteiger partial charge in [-0.15, -0.1) is 0 Å². The van der Waals surface area contributed by atoms with Crippen LogP contribution in [0.15, 0.2) is 103 Å². The normalized spacial score (nSPS) is 12.3. The van der Waals surface area contributed by atoms with Crippen molar-refractivity contribution in [3.63, 3.8) is 0 Å². The number of aromatic nitrogens is 3. The molecular formula is C37H38FN4NaO5. The van der Waals surface area contributed by atoms with E-state index in [1.165, 1.54) is 17.0 Å². The van der Waals surface area contributed by atoms with Gasteiger partial charge in [-0.25, -0.2) is 19.3 Å². The molecule has 0 saturated carbocycles. The fourth-order valence-electron chi connectivity index (χ4n) is 5.90. The molecule has 2 aromatic carbocycles. The second-order valence-electron chi connectivity index (χ2n) is 11.6. The SMILES string of the molecule is CC(C)n1c(CC[C@@H](O)C[C@@H](O)CC(=O)O)c(-c2ccc(F)cc2)c(-c2ccccc2)c1C(=O)N(c1ccccn1)c1ccccn1.[NaH]. The molecule has 244 valence electrons. The molecule has 2 atom stereocenters. The average molecular weight is 661 g/mol. The van der Waals surface area contributed by atoms with Crippen LogP contribution in [0.25, 0.3) is 22.3 Å². The second kappa shape index (κ2) is 16.8. The molecule has 0 spiro atoms.